The van der Waals surface area contributed by atoms with Gasteiger partial charge in [0, 0.05) is 26.3 Å². The average molecular weight is 259 g/mol. The average Bonchev–Trinajstić information content (AvgIpc) is 2.74. The monoisotopic (exact) mass is 259 g/mol. The van der Waals surface area contributed by atoms with Crippen molar-refractivity contribution in [1.29, 1.82) is 0 Å². The first kappa shape index (κ1) is 13.4. The molecule has 0 radical (unpaired) electrons. The molecule has 1 aromatic rings. The van der Waals surface area contributed by atoms with Crippen molar-refractivity contribution in [2.24, 2.45) is 0 Å². The largest absolute Gasteiger partial charge is 0.475 e. The maximum absolute atomic E-state index is 11.7. The molecule has 0 aliphatic rings. The van der Waals surface area contributed by atoms with Gasteiger partial charge in [-0.15, -0.1) is 0 Å². The van der Waals surface area contributed by atoms with Crippen molar-refractivity contribution in [3.63, 3.8) is 0 Å². The topological polar surface area (TPSA) is 87.8 Å². The molecule has 1 heterocycles. The molecule has 0 aliphatic heterocycles. The van der Waals surface area contributed by atoms with E-state index in [1.165, 1.54) is 17.0 Å². The Balaban J connectivity index is 2.58. The van der Waals surface area contributed by atoms with Gasteiger partial charge in [-0.2, -0.15) is 0 Å². The molecule has 0 saturated carbocycles. The van der Waals surface area contributed by atoms with Crippen LogP contribution in [0.25, 0.3) is 0 Å². The second-order valence-corrected chi connectivity index (χ2v) is 5.01. The molecule has 0 aromatic carbocycles. The number of carbonyl (C=O) groups is 2. The summed E-state index contributed by atoms with van der Waals surface area (Å²) in [5.74, 6) is -1.49. The summed E-state index contributed by atoms with van der Waals surface area (Å²) in [6, 6.07) is 2.59. The van der Waals surface area contributed by atoms with Crippen LogP contribution in [0.3, 0.4) is 0 Å². The van der Waals surface area contributed by atoms with E-state index in [9.17, 15) is 13.8 Å². The SMILES string of the molecule is CN(C)C(=O)CCS(=O)c1ccc(C(=O)O)o1. The van der Waals surface area contributed by atoms with E-state index in [1.54, 1.807) is 14.1 Å². The zero-order valence-electron chi connectivity index (χ0n) is 9.50. The van der Waals surface area contributed by atoms with E-state index in [-0.39, 0.29) is 28.9 Å². The highest BCUT2D eigenvalue weighted by atomic mass is 32.2. The molecule has 0 bridgehead atoms. The van der Waals surface area contributed by atoms with E-state index in [4.69, 9.17) is 9.52 Å². The number of rotatable bonds is 5. The third kappa shape index (κ3) is 3.70. The molecule has 0 spiro atoms. The van der Waals surface area contributed by atoms with Gasteiger partial charge in [0.15, 0.2) is 5.09 Å². The zero-order chi connectivity index (χ0) is 13.0. The van der Waals surface area contributed by atoms with Crippen LogP contribution in [0.1, 0.15) is 17.0 Å². The standard InChI is InChI=1S/C10H13NO5S/c1-11(2)8(12)5-6-17(15)9-4-3-7(16-9)10(13)14/h3-4H,5-6H2,1-2H3,(H,13,14). The second kappa shape index (κ2) is 5.62. The van der Waals surface area contributed by atoms with E-state index < -0.39 is 16.8 Å². The molecule has 1 amide bonds. The quantitative estimate of drug-likeness (QED) is 0.835. The van der Waals surface area contributed by atoms with Crippen LogP contribution in [0.4, 0.5) is 0 Å². The summed E-state index contributed by atoms with van der Waals surface area (Å²) in [6.45, 7) is 0. The fourth-order valence-corrected chi connectivity index (χ4v) is 2.03. The molecular weight excluding hydrogens is 246 g/mol. The number of hydrogen-bond donors (Lipinski definition) is 1. The normalized spacial score (nSPS) is 12.1. The van der Waals surface area contributed by atoms with Crippen molar-refractivity contribution >= 4 is 22.7 Å². The van der Waals surface area contributed by atoms with Gasteiger partial charge in [0.05, 0.1) is 10.8 Å². The summed E-state index contributed by atoms with van der Waals surface area (Å²) in [4.78, 5) is 23.2. The number of nitrogens with zero attached hydrogens (tertiary/aromatic N) is 1. The van der Waals surface area contributed by atoms with Crippen molar-refractivity contribution in [2.45, 2.75) is 11.5 Å². The highest BCUT2D eigenvalue weighted by molar-refractivity contribution is 7.84. The van der Waals surface area contributed by atoms with E-state index in [1.807, 2.05) is 0 Å². The minimum atomic E-state index is -1.49. The number of amides is 1. The van der Waals surface area contributed by atoms with Crippen LogP contribution in [0, 0.1) is 0 Å². The van der Waals surface area contributed by atoms with Crippen molar-refractivity contribution in [1.82, 2.24) is 4.90 Å². The molecule has 1 atom stereocenters. The summed E-state index contributed by atoms with van der Waals surface area (Å²) in [5, 5.41) is 8.70. The molecule has 7 heteroatoms. The molecule has 1 aromatic heterocycles. The Morgan fingerprint density at radius 1 is 1.41 bits per heavy atom. The first-order chi connectivity index (χ1) is 7.91. The number of carbonyl (C=O) groups excluding carboxylic acids is 1. The molecule has 0 saturated heterocycles. The lowest BCUT2D eigenvalue weighted by Crippen LogP contribution is -2.23. The highest BCUT2D eigenvalue weighted by Gasteiger charge is 2.15. The summed E-state index contributed by atoms with van der Waals surface area (Å²) in [6.07, 6.45) is 0.128. The van der Waals surface area contributed by atoms with Crippen molar-refractivity contribution in [2.75, 3.05) is 19.8 Å². The van der Waals surface area contributed by atoms with Gasteiger partial charge in [0.25, 0.3) is 0 Å². The van der Waals surface area contributed by atoms with Gasteiger partial charge in [0.1, 0.15) is 0 Å². The van der Waals surface area contributed by atoms with Crippen molar-refractivity contribution in [3.8, 4) is 0 Å². The number of carboxylic acids is 1. The van der Waals surface area contributed by atoms with Gasteiger partial charge in [-0.3, -0.25) is 9.00 Å². The Bertz CT molecular complexity index is 451. The minimum absolute atomic E-state index is 0.0777. The maximum Gasteiger partial charge on any atom is 0.371 e. The number of furan rings is 1. The second-order valence-electron chi connectivity index (χ2n) is 3.51. The lowest BCUT2D eigenvalue weighted by molar-refractivity contribution is -0.128. The summed E-state index contributed by atoms with van der Waals surface area (Å²) in [5.41, 5.74) is 0. The zero-order valence-corrected chi connectivity index (χ0v) is 10.3. The third-order valence-electron chi connectivity index (χ3n) is 2.02. The fraction of sp³-hybridized carbons (Fsp3) is 0.400. The summed E-state index contributed by atoms with van der Waals surface area (Å²) < 4.78 is 16.5. The van der Waals surface area contributed by atoms with E-state index >= 15 is 0 Å². The van der Waals surface area contributed by atoms with Crippen LogP contribution in [0.2, 0.25) is 0 Å². The first-order valence-electron chi connectivity index (χ1n) is 4.83. The van der Waals surface area contributed by atoms with Crippen molar-refractivity contribution in [3.05, 3.63) is 17.9 Å². The van der Waals surface area contributed by atoms with Gasteiger partial charge in [-0.1, -0.05) is 0 Å². The molecule has 6 nitrogen and oxygen atoms in total. The van der Waals surface area contributed by atoms with Gasteiger partial charge < -0.3 is 14.4 Å². The van der Waals surface area contributed by atoms with Gasteiger partial charge in [0.2, 0.25) is 11.7 Å². The molecular formula is C10H13NO5S. The first-order valence-corrected chi connectivity index (χ1v) is 6.15. The molecule has 17 heavy (non-hydrogen) atoms. The minimum Gasteiger partial charge on any atom is -0.475 e. The van der Waals surface area contributed by atoms with Gasteiger partial charge >= 0.3 is 5.97 Å². The highest BCUT2D eigenvalue weighted by Crippen LogP contribution is 2.13. The predicted molar refractivity (Wildman–Crippen MR) is 60.3 cm³/mol. The maximum atomic E-state index is 11.7. The number of hydrogen-bond acceptors (Lipinski definition) is 4. The predicted octanol–water partition coefficient (Wildman–Crippen LogP) is 0.564. The van der Waals surface area contributed by atoms with Crippen LogP contribution in [-0.2, 0) is 15.6 Å². The third-order valence-corrected chi connectivity index (χ3v) is 3.26. The summed E-state index contributed by atoms with van der Waals surface area (Å²) in [7, 11) is 1.73. The lowest BCUT2D eigenvalue weighted by atomic mass is 10.4. The van der Waals surface area contributed by atoms with Crippen LogP contribution in [-0.4, -0.2) is 45.9 Å². The fourth-order valence-electron chi connectivity index (χ4n) is 1.06. The van der Waals surface area contributed by atoms with Gasteiger partial charge in [-0.05, 0) is 12.1 Å². The smallest absolute Gasteiger partial charge is 0.371 e. The summed E-state index contributed by atoms with van der Waals surface area (Å²) >= 11 is 0. The Hall–Kier alpha value is -1.63. The molecule has 1 unspecified atom stereocenters. The Morgan fingerprint density at radius 3 is 2.53 bits per heavy atom. The van der Waals surface area contributed by atoms with Crippen LogP contribution in [0.15, 0.2) is 21.6 Å². The molecule has 0 fully saturated rings. The molecule has 0 aliphatic carbocycles. The lowest BCUT2D eigenvalue weighted by Gasteiger charge is -2.08. The van der Waals surface area contributed by atoms with E-state index in [2.05, 4.69) is 0 Å². The molecule has 1 N–H and O–H groups in total. The Morgan fingerprint density at radius 2 is 2.06 bits per heavy atom. The molecule has 94 valence electrons. The number of carboxylic acid groups (broad SMARTS) is 1. The van der Waals surface area contributed by atoms with Crippen molar-refractivity contribution < 1.29 is 23.3 Å². The van der Waals surface area contributed by atoms with Gasteiger partial charge in [-0.25, -0.2) is 4.79 Å². The van der Waals surface area contributed by atoms with Crippen LogP contribution >= 0.6 is 0 Å². The van der Waals surface area contributed by atoms with E-state index in [0.717, 1.165) is 0 Å². The van der Waals surface area contributed by atoms with E-state index in [0.29, 0.717) is 0 Å². The molecule has 1 rings (SSSR count). The van der Waals surface area contributed by atoms with Crippen LogP contribution in [0.5, 0.6) is 0 Å². The van der Waals surface area contributed by atoms with Crippen LogP contribution < -0.4 is 0 Å². The Kier molecular flexibility index (Phi) is 4.45. The number of aromatic carboxylic acids is 1. The Labute approximate surface area is 101 Å².